The molecule has 1 saturated carbocycles. The summed E-state index contributed by atoms with van der Waals surface area (Å²) in [5.41, 5.74) is 8.74. The number of hydrogen-bond donors (Lipinski definition) is 1. The Bertz CT molecular complexity index is 470. The molecule has 3 heteroatoms. The number of rotatable bonds is 3. The molecule has 3 atom stereocenters. The minimum absolute atomic E-state index is 0.149. The lowest BCUT2D eigenvalue weighted by Crippen LogP contribution is -2.36. The minimum Gasteiger partial charge on any atom is -0.371 e. The standard InChI is InChI=1S/C17H27FN2/c1-11-6-5-7-14(8-11)20(4)17-9-12(2)16(18)10-15(17)13(3)19/h9-11,13-14H,5-8,19H2,1-4H3/t11?,13-,14?/m1/s1. The first kappa shape index (κ1) is 15.3. The van der Waals surface area contributed by atoms with Crippen molar-refractivity contribution in [2.45, 2.75) is 58.5 Å². The number of nitrogens with two attached hydrogens (primary N) is 1. The highest BCUT2D eigenvalue weighted by Gasteiger charge is 2.25. The van der Waals surface area contributed by atoms with Gasteiger partial charge in [-0.3, -0.25) is 0 Å². The third-order valence-electron chi connectivity index (χ3n) is 4.63. The van der Waals surface area contributed by atoms with Gasteiger partial charge in [0, 0.05) is 24.8 Å². The molecule has 20 heavy (non-hydrogen) atoms. The Morgan fingerprint density at radius 3 is 2.65 bits per heavy atom. The van der Waals surface area contributed by atoms with E-state index < -0.39 is 0 Å². The maximum Gasteiger partial charge on any atom is 0.126 e. The number of nitrogens with zero attached hydrogens (tertiary/aromatic N) is 1. The second-order valence-electron chi connectivity index (χ2n) is 6.49. The number of anilines is 1. The topological polar surface area (TPSA) is 29.3 Å². The van der Waals surface area contributed by atoms with Gasteiger partial charge in [0.05, 0.1) is 0 Å². The van der Waals surface area contributed by atoms with Crippen LogP contribution in [0.25, 0.3) is 0 Å². The van der Waals surface area contributed by atoms with Gasteiger partial charge in [-0.2, -0.15) is 0 Å². The van der Waals surface area contributed by atoms with Gasteiger partial charge in [-0.25, -0.2) is 4.39 Å². The maximum atomic E-state index is 13.8. The molecule has 0 radical (unpaired) electrons. The molecule has 0 spiro atoms. The first-order valence-electron chi connectivity index (χ1n) is 7.68. The van der Waals surface area contributed by atoms with E-state index in [0.717, 1.165) is 17.2 Å². The number of aryl methyl sites for hydroxylation is 1. The summed E-state index contributed by atoms with van der Waals surface area (Å²) >= 11 is 0. The summed E-state index contributed by atoms with van der Waals surface area (Å²) in [6.45, 7) is 6.06. The summed E-state index contributed by atoms with van der Waals surface area (Å²) in [6.07, 6.45) is 5.04. The van der Waals surface area contributed by atoms with Gasteiger partial charge in [-0.1, -0.05) is 19.8 Å². The van der Waals surface area contributed by atoms with E-state index in [4.69, 9.17) is 5.73 Å². The monoisotopic (exact) mass is 278 g/mol. The molecule has 2 rings (SSSR count). The Balaban J connectivity index is 2.32. The summed E-state index contributed by atoms with van der Waals surface area (Å²) in [6, 6.07) is 3.95. The van der Waals surface area contributed by atoms with Crippen molar-refractivity contribution in [3.8, 4) is 0 Å². The van der Waals surface area contributed by atoms with Gasteiger partial charge >= 0.3 is 0 Å². The molecule has 2 nitrogen and oxygen atoms in total. The SMILES string of the molecule is Cc1cc(N(C)C2CCCC(C)C2)c([C@@H](C)N)cc1F. The first-order chi connectivity index (χ1) is 9.40. The van der Waals surface area contributed by atoms with Crippen LogP contribution in [0.2, 0.25) is 0 Å². The molecular formula is C17H27FN2. The van der Waals surface area contributed by atoms with Crippen molar-refractivity contribution < 1.29 is 4.39 Å². The Morgan fingerprint density at radius 1 is 1.35 bits per heavy atom. The van der Waals surface area contributed by atoms with Gasteiger partial charge in [-0.05, 0) is 55.9 Å². The third kappa shape index (κ3) is 3.14. The Kier molecular flexibility index (Phi) is 4.69. The zero-order chi connectivity index (χ0) is 14.9. The van der Waals surface area contributed by atoms with Crippen molar-refractivity contribution in [2.75, 3.05) is 11.9 Å². The highest BCUT2D eigenvalue weighted by molar-refractivity contribution is 5.57. The Morgan fingerprint density at radius 2 is 2.05 bits per heavy atom. The largest absolute Gasteiger partial charge is 0.371 e. The van der Waals surface area contributed by atoms with Crippen LogP contribution in [0.1, 0.15) is 56.7 Å². The van der Waals surface area contributed by atoms with E-state index in [-0.39, 0.29) is 11.9 Å². The summed E-state index contributed by atoms with van der Waals surface area (Å²) in [4.78, 5) is 2.32. The van der Waals surface area contributed by atoms with Crippen LogP contribution in [-0.2, 0) is 0 Å². The van der Waals surface area contributed by atoms with Crippen LogP contribution in [-0.4, -0.2) is 13.1 Å². The second-order valence-corrected chi connectivity index (χ2v) is 6.49. The summed E-state index contributed by atoms with van der Waals surface area (Å²) in [5.74, 6) is 0.614. The fourth-order valence-electron chi connectivity index (χ4n) is 3.30. The molecule has 1 aromatic carbocycles. The predicted octanol–water partition coefficient (Wildman–Crippen LogP) is 4.17. The van der Waals surface area contributed by atoms with Gasteiger partial charge < -0.3 is 10.6 Å². The van der Waals surface area contributed by atoms with Crippen LogP contribution in [0.5, 0.6) is 0 Å². The molecular weight excluding hydrogens is 251 g/mol. The number of benzene rings is 1. The normalized spacial score (nSPS) is 24.5. The summed E-state index contributed by atoms with van der Waals surface area (Å²) in [5, 5.41) is 0. The van der Waals surface area contributed by atoms with Crippen molar-refractivity contribution in [1.29, 1.82) is 0 Å². The van der Waals surface area contributed by atoms with Crippen LogP contribution in [0.15, 0.2) is 12.1 Å². The first-order valence-corrected chi connectivity index (χ1v) is 7.68. The van der Waals surface area contributed by atoms with Crippen molar-refractivity contribution in [3.05, 3.63) is 29.1 Å². The lowest BCUT2D eigenvalue weighted by molar-refractivity contribution is 0.336. The van der Waals surface area contributed by atoms with E-state index in [9.17, 15) is 4.39 Å². The molecule has 1 aromatic rings. The molecule has 1 fully saturated rings. The van der Waals surface area contributed by atoms with Crippen LogP contribution in [0.4, 0.5) is 10.1 Å². The van der Waals surface area contributed by atoms with Crippen molar-refractivity contribution in [2.24, 2.45) is 11.7 Å². The molecule has 0 saturated heterocycles. The molecule has 0 aromatic heterocycles. The predicted molar refractivity (Wildman–Crippen MR) is 83.6 cm³/mol. The van der Waals surface area contributed by atoms with Gasteiger partial charge in [0.2, 0.25) is 0 Å². The van der Waals surface area contributed by atoms with Crippen molar-refractivity contribution in [1.82, 2.24) is 0 Å². The summed E-state index contributed by atoms with van der Waals surface area (Å²) < 4.78 is 13.8. The molecule has 0 amide bonds. The van der Waals surface area contributed by atoms with Crippen LogP contribution in [0, 0.1) is 18.7 Å². The summed E-state index contributed by atoms with van der Waals surface area (Å²) in [7, 11) is 2.13. The van der Waals surface area contributed by atoms with Crippen LogP contribution < -0.4 is 10.6 Å². The fraction of sp³-hybridized carbons (Fsp3) is 0.647. The zero-order valence-corrected chi connectivity index (χ0v) is 13.1. The van der Waals surface area contributed by atoms with Gasteiger partial charge in [0.15, 0.2) is 0 Å². The number of halogens is 1. The van der Waals surface area contributed by atoms with E-state index in [1.807, 2.05) is 19.9 Å². The lowest BCUT2D eigenvalue weighted by atomic mass is 9.86. The van der Waals surface area contributed by atoms with E-state index in [1.54, 1.807) is 6.07 Å². The highest BCUT2D eigenvalue weighted by atomic mass is 19.1. The van der Waals surface area contributed by atoms with Crippen molar-refractivity contribution >= 4 is 5.69 Å². The molecule has 0 aliphatic heterocycles. The smallest absolute Gasteiger partial charge is 0.126 e. The quantitative estimate of drug-likeness (QED) is 0.899. The van der Waals surface area contributed by atoms with Crippen LogP contribution >= 0.6 is 0 Å². The molecule has 2 unspecified atom stereocenters. The van der Waals surface area contributed by atoms with Gasteiger partial charge in [0.25, 0.3) is 0 Å². The maximum absolute atomic E-state index is 13.8. The molecule has 2 N–H and O–H groups in total. The van der Waals surface area contributed by atoms with E-state index in [1.165, 1.54) is 25.7 Å². The van der Waals surface area contributed by atoms with E-state index >= 15 is 0 Å². The van der Waals surface area contributed by atoms with Crippen molar-refractivity contribution in [3.63, 3.8) is 0 Å². The average Bonchev–Trinajstić information content (AvgIpc) is 2.40. The molecule has 0 bridgehead atoms. The lowest BCUT2D eigenvalue weighted by Gasteiger charge is -2.37. The fourth-order valence-corrected chi connectivity index (χ4v) is 3.30. The Hall–Kier alpha value is -1.09. The number of hydrogen-bond acceptors (Lipinski definition) is 2. The Labute approximate surface area is 122 Å². The molecule has 1 aliphatic rings. The molecule has 112 valence electrons. The molecule has 1 aliphatic carbocycles. The minimum atomic E-state index is -0.161. The zero-order valence-electron chi connectivity index (χ0n) is 13.1. The van der Waals surface area contributed by atoms with Crippen LogP contribution in [0.3, 0.4) is 0 Å². The van der Waals surface area contributed by atoms with Gasteiger partial charge in [-0.15, -0.1) is 0 Å². The highest BCUT2D eigenvalue weighted by Crippen LogP contribution is 2.34. The van der Waals surface area contributed by atoms with E-state index in [2.05, 4.69) is 18.9 Å². The third-order valence-corrected chi connectivity index (χ3v) is 4.63. The van der Waals surface area contributed by atoms with Gasteiger partial charge in [0.1, 0.15) is 5.82 Å². The average molecular weight is 278 g/mol. The van der Waals surface area contributed by atoms with E-state index in [0.29, 0.717) is 11.6 Å². The molecule has 0 heterocycles. The second kappa shape index (κ2) is 6.13.